The van der Waals surface area contributed by atoms with Gasteiger partial charge in [-0.15, -0.1) is 0 Å². The van der Waals surface area contributed by atoms with Crippen LogP contribution >= 0.6 is 0 Å². The van der Waals surface area contributed by atoms with Gasteiger partial charge in [0, 0.05) is 12.6 Å². The van der Waals surface area contributed by atoms with Crippen molar-refractivity contribution in [3.05, 3.63) is 29.8 Å². The molecule has 0 saturated heterocycles. The molecule has 112 valence electrons. The highest BCUT2D eigenvalue weighted by atomic mass is 16.5. The molecule has 1 rings (SSSR count). The number of carboxylic acid groups (broad SMARTS) is 1. The number of carbonyl (C=O) groups is 1. The Balaban J connectivity index is 2.24. The van der Waals surface area contributed by atoms with Gasteiger partial charge in [-0.2, -0.15) is 0 Å². The molecule has 0 spiro atoms. The van der Waals surface area contributed by atoms with Gasteiger partial charge in [-0.1, -0.05) is 19.9 Å². The molecule has 4 nitrogen and oxygen atoms in total. The maximum atomic E-state index is 10.8. The molecule has 1 aromatic rings. The number of carboxylic acids is 1. The third-order valence-electron chi connectivity index (χ3n) is 3.12. The lowest BCUT2D eigenvalue weighted by Gasteiger charge is -2.15. The molecule has 0 aliphatic heterocycles. The van der Waals surface area contributed by atoms with E-state index in [1.807, 2.05) is 0 Å². The Morgan fingerprint density at radius 3 is 2.70 bits per heavy atom. The van der Waals surface area contributed by atoms with Crippen LogP contribution < -0.4 is 10.1 Å². The van der Waals surface area contributed by atoms with Crippen LogP contribution in [0, 0.1) is 5.92 Å². The van der Waals surface area contributed by atoms with Gasteiger partial charge in [-0.3, -0.25) is 0 Å². The van der Waals surface area contributed by atoms with Gasteiger partial charge < -0.3 is 15.2 Å². The van der Waals surface area contributed by atoms with E-state index in [-0.39, 0.29) is 5.56 Å². The van der Waals surface area contributed by atoms with E-state index in [1.165, 1.54) is 6.42 Å². The largest absolute Gasteiger partial charge is 0.492 e. The van der Waals surface area contributed by atoms with E-state index in [4.69, 9.17) is 9.84 Å². The number of nitrogens with one attached hydrogen (secondary N) is 1. The Labute approximate surface area is 121 Å². The lowest BCUT2D eigenvalue weighted by Crippen LogP contribution is -2.30. The molecule has 2 N–H and O–H groups in total. The number of hydrogen-bond acceptors (Lipinski definition) is 3. The van der Waals surface area contributed by atoms with Crippen LogP contribution in [0.4, 0.5) is 0 Å². The van der Waals surface area contributed by atoms with Crippen molar-refractivity contribution < 1.29 is 14.6 Å². The summed E-state index contributed by atoms with van der Waals surface area (Å²) >= 11 is 0. The van der Waals surface area contributed by atoms with Crippen LogP contribution in [0.3, 0.4) is 0 Å². The first-order valence-electron chi connectivity index (χ1n) is 7.18. The Morgan fingerprint density at radius 2 is 2.05 bits per heavy atom. The number of rotatable bonds is 9. The molecule has 0 fully saturated rings. The molecule has 1 unspecified atom stereocenters. The molecule has 0 radical (unpaired) electrons. The topological polar surface area (TPSA) is 58.6 Å². The van der Waals surface area contributed by atoms with E-state index in [1.54, 1.807) is 24.3 Å². The predicted molar refractivity (Wildman–Crippen MR) is 80.4 cm³/mol. The van der Waals surface area contributed by atoms with Crippen molar-refractivity contribution in [3.63, 3.8) is 0 Å². The zero-order chi connectivity index (χ0) is 15.0. The second-order valence-electron chi connectivity index (χ2n) is 5.51. The van der Waals surface area contributed by atoms with Crippen molar-refractivity contribution in [2.24, 2.45) is 5.92 Å². The van der Waals surface area contributed by atoms with Crippen molar-refractivity contribution in [3.8, 4) is 5.75 Å². The fourth-order valence-corrected chi connectivity index (χ4v) is 1.88. The van der Waals surface area contributed by atoms with Gasteiger partial charge in [0.05, 0.1) is 5.56 Å². The van der Waals surface area contributed by atoms with E-state index >= 15 is 0 Å². The fraction of sp³-hybridized carbons (Fsp3) is 0.562. The van der Waals surface area contributed by atoms with Gasteiger partial charge >= 0.3 is 5.97 Å². The first kappa shape index (κ1) is 16.5. The summed E-state index contributed by atoms with van der Waals surface area (Å²) in [6.45, 7) is 7.93. The zero-order valence-electron chi connectivity index (χ0n) is 12.6. The molecular weight excluding hydrogens is 254 g/mol. The summed E-state index contributed by atoms with van der Waals surface area (Å²) < 4.78 is 5.55. The standard InChI is InChI=1S/C16H25NO3/c1-12(2)7-8-13(3)17-9-10-20-15-6-4-5-14(11-15)16(18)19/h4-6,11-13,17H,7-10H2,1-3H3,(H,18,19). The van der Waals surface area contributed by atoms with E-state index < -0.39 is 5.97 Å². The van der Waals surface area contributed by atoms with Gasteiger partial charge in [0.25, 0.3) is 0 Å². The summed E-state index contributed by atoms with van der Waals surface area (Å²) in [5.74, 6) is 0.395. The van der Waals surface area contributed by atoms with Crippen LogP contribution in [0.2, 0.25) is 0 Å². The van der Waals surface area contributed by atoms with E-state index in [0.717, 1.165) is 18.9 Å². The highest BCUT2D eigenvalue weighted by Gasteiger charge is 2.05. The van der Waals surface area contributed by atoms with Crippen LogP contribution in [0.25, 0.3) is 0 Å². The van der Waals surface area contributed by atoms with Crippen LogP contribution in [-0.2, 0) is 0 Å². The predicted octanol–water partition coefficient (Wildman–Crippen LogP) is 3.18. The van der Waals surface area contributed by atoms with Crippen LogP contribution in [-0.4, -0.2) is 30.3 Å². The van der Waals surface area contributed by atoms with Crippen LogP contribution in [0.5, 0.6) is 5.75 Å². The first-order valence-corrected chi connectivity index (χ1v) is 7.18. The summed E-state index contributed by atoms with van der Waals surface area (Å²) in [5.41, 5.74) is 0.251. The molecule has 0 aromatic heterocycles. The monoisotopic (exact) mass is 279 g/mol. The maximum Gasteiger partial charge on any atom is 0.335 e. The fourth-order valence-electron chi connectivity index (χ4n) is 1.88. The van der Waals surface area contributed by atoms with Crippen LogP contribution in [0.1, 0.15) is 44.0 Å². The summed E-state index contributed by atoms with van der Waals surface area (Å²) in [4.78, 5) is 10.8. The summed E-state index contributed by atoms with van der Waals surface area (Å²) in [5, 5.41) is 12.3. The molecule has 0 saturated carbocycles. The number of ether oxygens (including phenoxy) is 1. The zero-order valence-corrected chi connectivity index (χ0v) is 12.6. The highest BCUT2D eigenvalue weighted by Crippen LogP contribution is 2.13. The van der Waals surface area contributed by atoms with Crippen molar-refractivity contribution in [2.45, 2.75) is 39.7 Å². The van der Waals surface area contributed by atoms with Gasteiger partial charge in [0.15, 0.2) is 0 Å². The molecular formula is C16H25NO3. The van der Waals surface area contributed by atoms with E-state index in [2.05, 4.69) is 26.1 Å². The van der Waals surface area contributed by atoms with Gasteiger partial charge in [0.2, 0.25) is 0 Å². The lowest BCUT2D eigenvalue weighted by molar-refractivity contribution is 0.0696. The quantitative estimate of drug-likeness (QED) is 0.682. The summed E-state index contributed by atoms with van der Waals surface area (Å²) in [7, 11) is 0. The summed E-state index contributed by atoms with van der Waals surface area (Å²) in [6, 6.07) is 7.05. The second-order valence-corrected chi connectivity index (χ2v) is 5.51. The molecule has 1 aromatic carbocycles. The number of aromatic carboxylic acids is 1. The molecule has 0 aliphatic rings. The van der Waals surface area contributed by atoms with E-state index in [0.29, 0.717) is 18.4 Å². The second kappa shape index (κ2) is 8.59. The molecule has 0 amide bonds. The molecule has 20 heavy (non-hydrogen) atoms. The normalized spacial score (nSPS) is 12.4. The Bertz CT molecular complexity index is 418. The van der Waals surface area contributed by atoms with Crippen LogP contribution in [0.15, 0.2) is 24.3 Å². The minimum absolute atomic E-state index is 0.251. The molecule has 1 atom stereocenters. The molecule has 0 bridgehead atoms. The van der Waals surface area contributed by atoms with Gasteiger partial charge in [0.1, 0.15) is 12.4 Å². The third kappa shape index (κ3) is 6.57. The molecule has 4 heteroatoms. The summed E-state index contributed by atoms with van der Waals surface area (Å²) in [6.07, 6.45) is 2.38. The highest BCUT2D eigenvalue weighted by molar-refractivity contribution is 5.87. The van der Waals surface area contributed by atoms with E-state index in [9.17, 15) is 4.79 Å². The molecule has 0 heterocycles. The Kier molecular flexibility index (Phi) is 7.09. The van der Waals surface area contributed by atoms with Crippen molar-refractivity contribution >= 4 is 5.97 Å². The van der Waals surface area contributed by atoms with Crippen molar-refractivity contribution in [1.82, 2.24) is 5.32 Å². The average Bonchev–Trinajstić information content (AvgIpc) is 2.41. The van der Waals surface area contributed by atoms with Crippen molar-refractivity contribution in [2.75, 3.05) is 13.2 Å². The third-order valence-corrected chi connectivity index (χ3v) is 3.12. The van der Waals surface area contributed by atoms with Crippen molar-refractivity contribution in [1.29, 1.82) is 0 Å². The van der Waals surface area contributed by atoms with Gasteiger partial charge in [-0.05, 0) is 43.9 Å². The number of benzene rings is 1. The smallest absolute Gasteiger partial charge is 0.335 e. The first-order chi connectivity index (χ1) is 9.49. The SMILES string of the molecule is CC(C)CCC(C)NCCOc1cccc(C(=O)O)c1. The number of hydrogen-bond donors (Lipinski definition) is 2. The minimum Gasteiger partial charge on any atom is -0.492 e. The average molecular weight is 279 g/mol. The Hall–Kier alpha value is -1.55. The van der Waals surface area contributed by atoms with Gasteiger partial charge in [-0.25, -0.2) is 4.79 Å². The maximum absolute atomic E-state index is 10.8. The molecule has 0 aliphatic carbocycles. The lowest BCUT2D eigenvalue weighted by atomic mass is 10.0. The minimum atomic E-state index is -0.934. The Morgan fingerprint density at radius 1 is 1.30 bits per heavy atom.